The summed E-state index contributed by atoms with van der Waals surface area (Å²) in [4.78, 5) is 25.8. The van der Waals surface area contributed by atoms with Crippen LogP contribution in [0.2, 0.25) is 0 Å². The summed E-state index contributed by atoms with van der Waals surface area (Å²) in [6.45, 7) is 6.46. The second kappa shape index (κ2) is 7.05. The second-order valence-corrected chi connectivity index (χ2v) is 7.41. The van der Waals surface area contributed by atoms with E-state index in [1.807, 2.05) is 20.9 Å². The molecule has 6 nitrogen and oxygen atoms in total. The van der Waals surface area contributed by atoms with Gasteiger partial charge in [0.05, 0.1) is 0 Å². The van der Waals surface area contributed by atoms with Gasteiger partial charge in [-0.15, -0.1) is 0 Å². The molecule has 132 valence electrons. The van der Waals surface area contributed by atoms with Gasteiger partial charge in [0.2, 0.25) is 5.82 Å². The van der Waals surface area contributed by atoms with Crippen LogP contribution in [0.3, 0.4) is 0 Å². The molecule has 6 heteroatoms. The fourth-order valence-electron chi connectivity index (χ4n) is 3.83. The van der Waals surface area contributed by atoms with Gasteiger partial charge in [-0.25, -0.2) is 9.97 Å². The lowest BCUT2D eigenvalue weighted by molar-refractivity contribution is 0.0761. The molecule has 1 amide bonds. The highest BCUT2D eigenvalue weighted by Crippen LogP contribution is 2.26. The quantitative estimate of drug-likeness (QED) is 0.912. The van der Waals surface area contributed by atoms with Crippen molar-refractivity contribution in [3.05, 3.63) is 17.1 Å². The fraction of sp³-hybridized carbons (Fsp3) is 0.722. The molecule has 0 unspecified atom stereocenters. The van der Waals surface area contributed by atoms with Crippen LogP contribution in [0.4, 0.5) is 5.82 Å². The molecule has 0 radical (unpaired) electrons. The van der Waals surface area contributed by atoms with E-state index in [4.69, 9.17) is 5.73 Å². The predicted octanol–water partition coefficient (Wildman–Crippen LogP) is 1.89. The van der Waals surface area contributed by atoms with Crippen molar-refractivity contribution in [2.75, 3.05) is 31.6 Å². The first kappa shape index (κ1) is 17.1. The Morgan fingerprint density at radius 1 is 1.25 bits per heavy atom. The molecule has 24 heavy (non-hydrogen) atoms. The highest BCUT2D eigenvalue weighted by Gasteiger charge is 2.26. The van der Waals surface area contributed by atoms with Crippen LogP contribution in [0.25, 0.3) is 0 Å². The molecule has 2 aliphatic rings. The third-order valence-electron chi connectivity index (χ3n) is 5.43. The molecule has 1 aliphatic heterocycles. The van der Waals surface area contributed by atoms with Crippen LogP contribution in [0.15, 0.2) is 0 Å². The number of amides is 1. The van der Waals surface area contributed by atoms with Crippen LogP contribution in [0.5, 0.6) is 0 Å². The third-order valence-corrected chi connectivity index (χ3v) is 5.43. The molecule has 1 aromatic heterocycles. The van der Waals surface area contributed by atoms with E-state index in [9.17, 15) is 4.79 Å². The fourth-order valence-corrected chi connectivity index (χ4v) is 3.83. The number of anilines is 1. The Balaban J connectivity index is 1.79. The van der Waals surface area contributed by atoms with Crippen molar-refractivity contribution in [1.82, 2.24) is 14.9 Å². The lowest BCUT2D eigenvalue weighted by atomic mass is 10.1. The van der Waals surface area contributed by atoms with Crippen molar-refractivity contribution in [3.8, 4) is 0 Å². The van der Waals surface area contributed by atoms with Gasteiger partial charge in [-0.1, -0.05) is 12.8 Å². The average Bonchev–Trinajstić information content (AvgIpc) is 3.20. The maximum Gasteiger partial charge on any atom is 0.291 e. The molecule has 3 rings (SSSR count). The van der Waals surface area contributed by atoms with Crippen LogP contribution in [-0.2, 0) is 0 Å². The number of carbonyl (C=O) groups excluding carboxylic acids is 1. The number of aromatic nitrogens is 2. The van der Waals surface area contributed by atoms with Crippen LogP contribution in [0, 0.1) is 19.8 Å². The predicted molar refractivity (Wildman–Crippen MR) is 95.2 cm³/mol. The van der Waals surface area contributed by atoms with Crippen molar-refractivity contribution in [2.45, 2.75) is 52.0 Å². The number of carbonyl (C=O) groups is 1. The van der Waals surface area contributed by atoms with Gasteiger partial charge in [0, 0.05) is 44.0 Å². The first-order valence-corrected chi connectivity index (χ1v) is 9.07. The summed E-state index contributed by atoms with van der Waals surface area (Å²) < 4.78 is 0. The number of aryl methyl sites for hydroxylation is 1. The molecule has 1 saturated carbocycles. The zero-order valence-corrected chi connectivity index (χ0v) is 15.1. The topological polar surface area (TPSA) is 75.4 Å². The molecule has 2 N–H and O–H groups in total. The molecular weight excluding hydrogens is 302 g/mol. The lowest BCUT2D eigenvalue weighted by Crippen LogP contribution is -2.34. The van der Waals surface area contributed by atoms with Crippen molar-refractivity contribution >= 4 is 11.7 Å². The zero-order chi connectivity index (χ0) is 17.3. The molecular formula is C18H29N5O. The SMILES string of the molecule is Cc1nc(C(=O)N(C)CC2CCCC2)nc(N2CC[C@@H](N)C2)c1C. The Labute approximate surface area is 144 Å². The summed E-state index contributed by atoms with van der Waals surface area (Å²) in [5, 5.41) is 0. The highest BCUT2D eigenvalue weighted by molar-refractivity contribution is 5.90. The van der Waals surface area contributed by atoms with Gasteiger partial charge < -0.3 is 15.5 Å². The van der Waals surface area contributed by atoms with Gasteiger partial charge in [0.25, 0.3) is 5.91 Å². The van der Waals surface area contributed by atoms with Crippen LogP contribution in [-0.4, -0.2) is 53.5 Å². The van der Waals surface area contributed by atoms with E-state index in [1.54, 1.807) is 4.90 Å². The number of nitrogens with two attached hydrogens (primary N) is 1. The van der Waals surface area contributed by atoms with Gasteiger partial charge in [0.15, 0.2) is 0 Å². The Morgan fingerprint density at radius 3 is 2.58 bits per heavy atom. The number of hydrogen-bond donors (Lipinski definition) is 1. The Hall–Kier alpha value is -1.69. The number of nitrogens with zero attached hydrogens (tertiary/aromatic N) is 4. The van der Waals surface area contributed by atoms with Gasteiger partial charge in [-0.2, -0.15) is 0 Å². The molecule has 0 spiro atoms. The van der Waals surface area contributed by atoms with E-state index in [-0.39, 0.29) is 11.9 Å². The average molecular weight is 331 g/mol. The molecule has 1 atom stereocenters. The van der Waals surface area contributed by atoms with Crippen LogP contribution in [0.1, 0.15) is 54.0 Å². The van der Waals surface area contributed by atoms with Gasteiger partial charge in [-0.3, -0.25) is 4.79 Å². The first-order chi connectivity index (χ1) is 11.5. The standard InChI is InChI=1S/C18H29N5O/c1-12-13(2)20-16(21-17(12)23-9-8-15(19)11-23)18(24)22(3)10-14-6-4-5-7-14/h14-15H,4-11,19H2,1-3H3/t15-/m1/s1. The van der Waals surface area contributed by atoms with E-state index in [0.29, 0.717) is 11.7 Å². The Morgan fingerprint density at radius 2 is 1.96 bits per heavy atom. The minimum atomic E-state index is -0.0743. The third kappa shape index (κ3) is 3.53. The van der Waals surface area contributed by atoms with E-state index < -0.39 is 0 Å². The monoisotopic (exact) mass is 331 g/mol. The minimum absolute atomic E-state index is 0.0743. The van der Waals surface area contributed by atoms with E-state index in [1.165, 1.54) is 25.7 Å². The highest BCUT2D eigenvalue weighted by atomic mass is 16.2. The van der Waals surface area contributed by atoms with Crippen LogP contribution >= 0.6 is 0 Å². The van der Waals surface area contributed by atoms with Crippen molar-refractivity contribution in [1.29, 1.82) is 0 Å². The summed E-state index contributed by atoms with van der Waals surface area (Å²) in [6, 6.07) is 0.184. The summed E-state index contributed by atoms with van der Waals surface area (Å²) in [5.41, 5.74) is 7.94. The normalized spacial score (nSPS) is 21.5. The maximum atomic E-state index is 12.8. The van der Waals surface area contributed by atoms with Gasteiger partial charge >= 0.3 is 0 Å². The van der Waals surface area contributed by atoms with Crippen molar-refractivity contribution in [2.24, 2.45) is 11.7 Å². The summed E-state index contributed by atoms with van der Waals surface area (Å²) in [5.74, 6) is 1.73. The Bertz CT molecular complexity index is 612. The molecule has 0 aromatic carbocycles. The molecule has 1 aliphatic carbocycles. The molecule has 2 heterocycles. The summed E-state index contributed by atoms with van der Waals surface area (Å²) in [6.07, 6.45) is 5.98. The van der Waals surface area contributed by atoms with Gasteiger partial charge in [0.1, 0.15) is 5.82 Å². The maximum absolute atomic E-state index is 12.8. The summed E-state index contributed by atoms with van der Waals surface area (Å²) in [7, 11) is 1.87. The van der Waals surface area contributed by atoms with Gasteiger partial charge in [-0.05, 0) is 39.0 Å². The van der Waals surface area contributed by atoms with E-state index in [0.717, 1.165) is 43.1 Å². The molecule has 0 bridgehead atoms. The molecule has 1 saturated heterocycles. The van der Waals surface area contributed by atoms with Crippen molar-refractivity contribution in [3.63, 3.8) is 0 Å². The van der Waals surface area contributed by atoms with Crippen molar-refractivity contribution < 1.29 is 4.79 Å². The van der Waals surface area contributed by atoms with E-state index >= 15 is 0 Å². The van der Waals surface area contributed by atoms with Crippen LogP contribution < -0.4 is 10.6 Å². The zero-order valence-electron chi connectivity index (χ0n) is 15.1. The molecule has 1 aromatic rings. The minimum Gasteiger partial charge on any atom is -0.355 e. The smallest absolute Gasteiger partial charge is 0.291 e. The first-order valence-electron chi connectivity index (χ1n) is 9.07. The number of hydrogen-bond acceptors (Lipinski definition) is 5. The largest absolute Gasteiger partial charge is 0.355 e. The summed E-state index contributed by atoms with van der Waals surface area (Å²) >= 11 is 0. The second-order valence-electron chi connectivity index (χ2n) is 7.41. The van der Waals surface area contributed by atoms with E-state index in [2.05, 4.69) is 14.9 Å². The number of rotatable bonds is 4. The molecule has 2 fully saturated rings. The lowest BCUT2D eigenvalue weighted by Gasteiger charge is -2.23. The Kier molecular flexibility index (Phi) is 5.04.